The minimum absolute atomic E-state index is 0.144. The molecule has 1 aromatic rings. The zero-order chi connectivity index (χ0) is 16.3. The van der Waals surface area contributed by atoms with Crippen molar-refractivity contribution in [2.24, 2.45) is 5.41 Å². The summed E-state index contributed by atoms with van der Waals surface area (Å²) in [6.07, 6.45) is 2.22. The highest BCUT2D eigenvalue weighted by atomic mass is 32.1. The number of hydrogen-bond acceptors (Lipinski definition) is 4. The number of nitrogens with zero attached hydrogens (tertiary/aromatic N) is 2. The number of rotatable bonds is 6. The molecule has 0 aliphatic rings. The Morgan fingerprint density at radius 1 is 1.14 bits per heavy atom. The van der Waals surface area contributed by atoms with Crippen molar-refractivity contribution >= 4 is 16.5 Å². The van der Waals surface area contributed by atoms with Crippen molar-refractivity contribution in [2.75, 3.05) is 18.5 Å². The fourth-order valence-corrected chi connectivity index (χ4v) is 3.23. The molecule has 0 spiro atoms. The Morgan fingerprint density at radius 2 is 1.76 bits per heavy atom. The van der Waals surface area contributed by atoms with Crippen molar-refractivity contribution < 1.29 is 0 Å². The lowest BCUT2D eigenvalue weighted by molar-refractivity contribution is 0.418. The quantitative estimate of drug-likeness (QED) is 0.840. The molecule has 0 amide bonds. The number of hydrogen-bond donors (Lipinski definition) is 1. The van der Waals surface area contributed by atoms with Gasteiger partial charge in [-0.1, -0.05) is 34.1 Å². The molecule has 0 radical (unpaired) electrons. The van der Waals surface area contributed by atoms with Crippen molar-refractivity contribution in [3.8, 4) is 0 Å². The van der Waals surface area contributed by atoms with Gasteiger partial charge < -0.3 is 10.2 Å². The predicted molar refractivity (Wildman–Crippen MR) is 95.4 cm³/mol. The van der Waals surface area contributed by atoms with Crippen LogP contribution in [0.15, 0.2) is 0 Å². The SMILES string of the molecule is CCCc1nc(N(C)CC(C)(C)C)sc1CNC(C)(C)C. The lowest BCUT2D eigenvalue weighted by atomic mass is 9.96. The minimum Gasteiger partial charge on any atom is -0.351 e. The van der Waals surface area contributed by atoms with Crippen molar-refractivity contribution in [3.05, 3.63) is 10.6 Å². The van der Waals surface area contributed by atoms with E-state index in [-0.39, 0.29) is 11.0 Å². The van der Waals surface area contributed by atoms with Crippen molar-refractivity contribution in [3.63, 3.8) is 0 Å². The first-order valence-electron chi connectivity index (χ1n) is 7.96. The molecule has 0 bridgehead atoms. The summed E-state index contributed by atoms with van der Waals surface area (Å²) in [6, 6.07) is 0. The summed E-state index contributed by atoms with van der Waals surface area (Å²) >= 11 is 1.84. The molecule has 1 N–H and O–H groups in total. The Kier molecular flexibility index (Phi) is 6.23. The molecule has 0 fully saturated rings. The molecule has 4 heteroatoms. The topological polar surface area (TPSA) is 28.2 Å². The molecule has 0 atom stereocenters. The van der Waals surface area contributed by atoms with Crippen LogP contribution in [0.3, 0.4) is 0 Å². The Balaban J connectivity index is 2.87. The summed E-state index contributed by atoms with van der Waals surface area (Å²) in [7, 11) is 2.15. The maximum absolute atomic E-state index is 4.89. The standard InChI is InChI=1S/C17H33N3S/c1-9-10-13-14(11-18-17(5,6)7)21-15(19-13)20(8)12-16(2,3)4/h18H,9-12H2,1-8H3. The number of aryl methyl sites for hydroxylation is 1. The fraction of sp³-hybridized carbons (Fsp3) is 0.824. The monoisotopic (exact) mass is 311 g/mol. The van der Waals surface area contributed by atoms with Gasteiger partial charge in [0.2, 0.25) is 0 Å². The molecule has 1 aromatic heterocycles. The van der Waals surface area contributed by atoms with Crippen LogP contribution in [-0.4, -0.2) is 24.1 Å². The zero-order valence-electron chi connectivity index (χ0n) is 15.1. The molecule has 0 aliphatic carbocycles. The fourth-order valence-electron chi connectivity index (χ4n) is 2.23. The van der Waals surface area contributed by atoms with Gasteiger partial charge in [-0.3, -0.25) is 0 Å². The number of nitrogens with one attached hydrogen (secondary N) is 1. The zero-order valence-corrected chi connectivity index (χ0v) is 15.9. The van der Waals surface area contributed by atoms with E-state index in [0.29, 0.717) is 0 Å². The van der Waals surface area contributed by atoms with Crippen LogP contribution in [0.1, 0.15) is 65.5 Å². The molecule has 0 saturated heterocycles. The van der Waals surface area contributed by atoms with E-state index in [4.69, 9.17) is 4.98 Å². The molecular formula is C17H33N3S. The van der Waals surface area contributed by atoms with E-state index in [1.54, 1.807) is 0 Å². The largest absolute Gasteiger partial charge is 0.351 e. The van der Waals surface area contributed by atoms with Crippen LogP contribution < -0.4 is 10.2 Å². The highest BCUT2D eigenvalue weighted by Crippen LogP contribution is 2.29. The normalized spacial score (nSPS) is 12.8. The average molecular weight is 312 g/mol. The smallest absolute Gasteiger partial charge is 0.185 e. The van der Waals surface area contributed by atoms with Gasteiger partial charge in [-0.15, -0.1) is 11.3 Å². The molecule has 1 heterocycles. The van der Waals surface area contributed by atoms with Gasteiger partial charge in [-0.05, 0) is 32.6 Å². The van der Waals surface area contributed by atoms with Gasteiger partial charge in [0.1, 0.15) is 0 Å². The third-order valence-electron chi connectivity index (χ3n) is 3.07. The van der Waals surface area contributed by atoms with E-state index in [0.717, 1.165) is 31.1 Å². The van der Waals surface area contributed by atoms with Gasteiger partial charge in [0.15, 0.2) is 5.13 Å². The number of aromatic nitrogens is 1. The summed E-state index contributed by atoms with van der Waals surface area (Å²) in [5, 5.41) is 4.74. The second-order valence-electron chi connectivity index (χ2n) is 8.14. The first-order chi connectivity index (χ1) is 9.52. The molecule has 1 rings (SSSR count). The van der Waals surface area contributed by atoms with Gasteiger partial charge in [-0.2, -0.15) is 0 Å². The number of thiazole rings is 1. The van der Waals surface area contributed by atoms with Crippen LogP contribution >= 0.6 is 11.3 Å². The van der Waals surface area contributed by atoms with E-state index in [1.807, 2.05) is 11.3 Å². The van der Waals surface area contributed by atoms with Crippen LogP contribution in [0.25, 0.3) is 0 Å². The molecular weight excluding hydrogens is 278 g/mol. The highest BCUT2D eigenvalue weighted by molar-refractivity contribution is 7.15. The average Bonchev–Trinajstić information content (AvgIpc) is 2.67. The summed E-state index contributed by atoms with van der Waals surface area (Å²) in [5.41, 5.74) is 1.70. The molecule has 0 aliphatic heterocycles. The Bertz CT molecular complexity index is 438. The van der Waals surface area contributed by atoms with E-state index in [9.17, 15) is 0 Å². The lowest BCUT2D eigenvalue weighted by Crippen LogP contribution is -2.35. The van der Waals surface area contributed by atoms with Gasteiger partial charge in [-0.25, -0.2) is 4.98 Å². The first kappa shape index (κ1) is 18.4. The molecule has 0 aromatic carbocycles. The summed E-state index contributed by atoms with van der Waals surface area (Å²) < 4.78 is 0. The minimum atomic E-state index is 0.144. The van der Waals surface area contributed by atoms with Crippen molar-refractivity contribution in [2.45, 2.75) is 73.4 Å². The van der Waals surface area contributed by atoms with E-state index in [1.165, 1.54) is 10.6 Å². The van der Waals surface area contributed by atoms with E-state index >= 15 is 0 Å². The predicted octanol–water partition coefficient (Wildman–Crippen LogP) is 4.47. The summed E-state index contributed by atoms with van der Waals surface area (Å²) in [5.74, 6) is 0. The third kappa shape index (κ3) is 6.79. The number of anilines is 1. The van der Waals surface area contributed by atoms with Gasteiger partial charge in [0, 0.05) is 30.6 Å². The van der Waals surface area contributed by atoms with Crippen LogP contribution in [0.5, 0.6) is 0 Å². The van der Waals surface area contributed by atoms with Crippen LogP contribution in [-0.2, 0) is 13.0 Å². The molecule has 21 heavy (non-hydrogen) atoms. The maximum atomic E-state index is 4.89. The first-order valence-corrected chi connectivity index (χ1v) is 8.78. The maximum Gasteiger partial charge on any atom is 0.185 e. The van der Waals surface area contributed by atoms with E-state index < -0.39 is 0 Å². The lowest BCUT2D eigenvalue weighted by Gasteiger charge is -2.26. The van der Waals surface area contributed by atoms with Crippen molar-refractivity contribution in [1.82, 2.24) is 10.3 Å². The van der Waals surface area contributed by atoms with E-state index in [2.05, 4.69) is 65.7 Å². The van der Waals surface area contributed by atoms with Crippen LogP contribution in [0.2, 0.25) is 0 Å². The van der Waals surface area contributed by atoms with Crippen LogP contribution in [0, 0.1) is 5.41 Å². The van der Waals surface area contributed by atoms with Crippen molar-refractivity contribution in [1.29, 1.82) is 0 Å². The van der Waals surface area contributed by atoms with Gasteiger partial charge in [0.05, 0.1) is 5.69 Å². The molecule has 122 valence electrons. The Labute approximate surface area is 135 Å². The van der Waals surface area contributed by atoms with Gasteiger partial charge in [0.25, 0.3) is 0 Å². The Morgan fingerprint density at radius 3 is 2.24 bits per heavy atom. The van der Waals surface area contributed by atoms with Gasteiger partial charge >= 0.3 is 0 Å². The van der Waals surface area contributed by atoms with Crippen LogP contribution in [0.4, 0.5) is 5.13 Å². The molecule has 0 saturated carbocycles. The third-order valence-corrected chi connectivity index (χ3v) is 4.28. The highest BCUT2D eigenvalue weighted by Gasteiger charge is 2.19. The second-order valence-corrected chi connectivity index (χ2v) is 9.20. The molecule has 3 nitrogen and oxygen atoms in total. The second kappa shape index (κ2) is 7.10. The summed E-state index contributed by atoms with van der Waals surface area (Å²) in [6.45, 7) is 17.6. The Hall–Kier alpha value is -0.610. The summed E-state index contributed by atoms with van der Waals surface area (Å²) in [4.78, 5) is 8.58. The molecule has 0 unspecified atom stereocenters.